The van der Waals surface area contributed by atoms with Crippen molar-refractivity contribution in [3.05, 3.63) is 54.6 Å². The van der Waals surface area contributed by atoms with Gasteiger partial charge in [-0.3, -0.25) is 9.69 Å². The third-order valence-electron chi connectivity index (χ3n) is 5.92. The van der Waals surface area contributed by atoms with Gasteiger partial charge in [-0.25, -0.2) is 4.98 Å². The summed E-state index contributed by atoms with van der Waals surface area (Å²) in [4.78, 5) is 21.5. The molecule has 132 valence electrons. The van der Waals surface area contributed by atoms with Crippen LogP contribution in [0.5, 0.6) is 0 Å². The van der Waals surface area contributed by atoms with Crippen molar-refractivity contribution >= 4 is 5.91 Å². The Balaban J connectivity index is 1.38. The Morgan fingerprint density at radius 1 is 1.16 bits per heavy atom. The number of fused-ring (bicyclic) bond motifs is 2. The Kier molecular flexibility index (Phi) is 4.57. The van der Waals surface area contributed by atoms with E-state index in [2.05, 4.69) is 14.5 Å². The number of imidazole rings is 1. The van der Waals surface area contributed by atoms with Crippen LogP contribution in [0, 0.1) is 0 Å². The van der Waals surface area contributed by atoms with Gasteiger partial charge < -0.3 is 9.47 Å². The van der Waals surface area contributed by atoms with Gasteiger partial charge in [0.2, 0.25) is 0 Å². The smallest absolute Gasteiger partial charge is 0.253 e. The summed E-state index contributed by atoms with van der Waals surface area (Å²) in [6.07, 6.45) is 10.5. The molecule has 0 N–H and O–H groups in total. The molecule has 2 bridgehead atoms. The number of amides is 1. The van der Waals surface area contributed by atoms with Crippen molar-refractivity contribution in [2.24, 2.45) is 0 Å². The maximum Gasteiger partial charge on any atom is 0.253 e. The molecule has 3 heterocycles. The van der Waals surface area contributed by atoms with Gasteiger partial charge in [0.1, 0.15) is 0 Å². The highest BCUT2D eigenvalue weighted by molar-refractivity contribution is 5.94. The van der Waals surface area contributed by atoms with Gasteiger partial charge in [-0.1, -0.05) is 18.2 Å². The van der Waals surface area contributed by atoms with Gasteiger partial charge in [0, 0.05) is 56.2 Å². The Morgan fingerprint density at radius 2 is 1.88 bits per heavy atom. The van der Waals surface area contributed by atoms with Crippen molar-refractivity contribution in [2.45, 2.75) is 50.4 Å². The van der Waals surface area contributed by atoms with Crippen LogP contribution < -0.4 is 0 Å². The van der Waals surface area contributed by atoms with E-state index in [1.807, 2.05) is 61.0 Å². The molecule has 4 rings (SSSR count). The van der Waals surface area contributed by atoms with Crippen LogP contribution in [0.15, 0.2) is 49.1 Å². The molecule has 2 aliphatic heterocycles. The molecule has 25 heavy (non-hydrogen) atoms. The first-order chi connectivity index (χ1) is 12.2. The zero-order valence-corrected chi connectivity index (χ0v) is 14.8. The number of piperidine rings is 1. The Bertz CT molecular complexity index is 686. The lowest BCUT2D eigenvalue weighted by molar-refractivity contribution is 0.0492. The number of carbonyl (C=O) groups excluding carboxylic acids is 1. The van der Waals surface area contributed by atoms with Crippen molar-refractivity contribution in [3.8, 4) is 0 Å². The van der Waals surface area contributed by atoms with Crippen LogP contribution in [-0.4, -0.2) is 57.0 Å². The lowest BCUT2D eigenvalue weighted by atomic mass is 9.95. The average molecular weight is 338 g/mol. The average Bonchev–Trinajstić information content (AvgIpc) is 3.24. The highest BCUT2D eigenvalue weighted by Gasteiger charge is 2.42. The van der Waals surface area contributed by atoms with E-state index in [4.69, 9.17) is 0 Å². The SMILES string of the molecule is CN(C(=O)c1ccccc1)C1C[C@H]2CC[C@@H](C1)N2CCn1ccnc1. The van der Waals surface area contributed by atoms with E-state index in [1.54, 1.807) is 0 Å². The van der Waals surface area contributed by atoms with Gasteiger partial charge >= 0.3 is 0 Å². The lowest BCUT2D eigenvalue weighted by Gasteiger charge is -2.42. The predicted octanol–water partition coefficient (Wildman–Crippen LogP) is 2.65. The van der Waals surface area contributed by atoms with E-state index < -0.39 is 0 Å². The fourth-order valence-electron chi connectivity index (χ4n) is 4.53. The summed E-state index contributed by atoms with van der Waals surface area (Å²) in [6.45, 7) is 2.07. The number of nitrogens with zero attached hydrogens (tertiary/aromatic N) is 4. The first kappa shape index (κ1) is 16.3. The number of hydrogen-bond donors (Lipinski definition) is 0. The third kappa shape index (κ3) is 3.33. The highest BCUT2D eigenvalue weighted by Crippen LogP contribution is 2.37. The predicted molar refractivity (Wildman–Crippen MR) is 97.3 cm³/mol. The second-order valence-corrected chi connectivity index (χ2v) is 7.33. The molecule has 2 saturated heterocycles. The molecular weight excluding hydrogens is 312 g/mol. The fourth-order valence-corrected chi connectivity index (χ4v) is 4.53. The summed E-state index contributed by atoms with van der Waals surface area (Å²) in [7, 11) is 1.97. The summed E-state index contributed by atoms with van der Waals surface area (Å²) >= 11 is 0. The van der Waals surface area contributed by atoms with E-state index in [-0.39, 0.29) is 5.91 Å². The quantitative estimate of drug-likeness (QED) is 0.842. The number of hydrogen-bond acceptors (Lipinski definition) is 3. The molecule has 0 spiro atoms. The molecule has 5 nitrogen and oxygen atoms in total. The van der Waals surface area contributed by atoms with Gasteiger partial charge in [0.15, 0.2) is 0 Å². The summed E-state index contributed by atoms with van der Waals surface area (Å²) < 4.78 is 2.15. The maximum absolute atomic E-state index is 12.7. The lowest BCUT2D eigenvalue weighted by Crippen LogP contribution is -2.51. The third-order valence-corrected chi connectivity index (χ3v) is 5.92. The first-order valence-electron chi connectivity index (χ1n) is 9.26. The van der Waals surface area contributed by atoms with Crippen molar-refractivity contribution in [1.82, 2.24) is 19.4 Å². The van der Waals surface area contributed by atoms with Crippen molar-refractivity contribution in [2.75, 3.05) is 13.6 Å². The highest BCUT2D eigenvalue weighted by atomic mass is 16.2. The molecule has 1 unspecified atom stereocenters. The molecule has 0 aliphatic carbocycles. The molecule has 2 fully saturated rings. The minimum absolute atomic E-state index is 0.150. The topological polar surface area (TPSA) is 41.4 Å². The van der Waals surface area contributed by atoms with E-state index in [9.17, 15) is 4.79 Å². The zero-order chi connectivity index (χ0) is 17.2. The molecule has 2 aliphatic rings. The van der Waals surface area contributed by atoms with Crippen LogP contribution in [-0.2, 0) is 6.54 Å². The first-order valence-corrected chi connectivity index (χ1v) is 9.26. The van der Waals surface area contributed by atoms with Crippen molar-refractivity contribution < 1.29 is 4.79 Å². The largest absolute Gasteiger partial charge is 0.339 e. The molecule has 0 radical (unpaired) electrons. The van der Waals surface area contributed by atoms with Gasteiger partial charge in [0.25, 0.3) is 5.91 Å². The Morgan fingerprint density at radius 3 is 2.52 bits per heavy atom. The Labute approximate surface area is 149 Å². The van der Waals surface area contributed by atoms with Crippen LogP contribution in [0.3, 0.4) is 0 Å². The Hall–Kier alpha value is -2.14. The van der Waals surface area contributed by atoms with Crippen molar-refractivity contribution in [1.29, 1.82) is 0 Å². The van der Waals surface area contributed by atoms with E-state index in [0.717, 1.165) is 31.5 Å². The van der Waals surface area contributed by atoms with E-state index in [0.29, 0.717) is 18.1 Å². The molecule has 1 amide bonds. The molecule has 2 aromatic rings. The number of benzene rings is 1. The monoisotopic (exact) mass is 338 g/mol. The second-order valence-electron chi connectivity index (χ2n) is 7.33. The normalized spacial score (nSPS) is 25.9. The molecular formula is C20H26N4O. The number of carbonyl (C=O) groups is 1. The molecule has 1 aromatic heterocycles. The van der Waals surface area contributed by atoms with Crippen LogP contribution >= 0.6 is 0 Å². The van der Waals surface area contributed by atoms with Gasteiger partial charge in [-0.05, 0) is 37.8 Å². The zero-order valence-electron chi connectivity index (χ0n) is 14.8. The molecule has 3 atom stereocenters. The number of rotatable bonds is 5. The second kappa shape index (κ2) is 7.00. The van der Waals surface area contributed by atoms with Gasteiger partial charge in [0.05, 0.1) is 6.33 Å². The minimum atomic E-state index is 0.150. The summed E-state index contributed by atoms with van der Waals surface area (Å²) in [6, 6.07) is 11.2. The maximum atomic E-state index is 12.7. The van der Waals surface area contributed by atoms with Crippen LogP contribution in [0.1, 0.15) is 36.0 Å². The standard InChI is InChI=1S/C20H26N4O/c1-22(20(25)16-5-3-2-4-6-16)19-13-17-7-8-18(14-19)24(17)12-11-23-10-9-21-15-23/h2-6,9-10,15,17-19H,7-8,11-14H2,1H3/t17-,18+,19?. The van der Waals surface area contributed by atoms with Crippen LogP contribution in [0.4, 0.5) is 0 Å². The van der Waals surface area contributed by atoms with Crippen LogP contribution in [0.25, 0.3) is 0 Å². The van der Waals surface area contributed by atoms with E-state index >= 15 is 0 Å². The molecule has 1 aromatic carbocycles. The number of aromatic nitrogens is 2. The van der Waals surface area contributed by atoms with E-state index in [1.165, 1.54) is 12.8 Å². The van der Waals surface area contributed by atoms with Gasteiger partial charge in [-0.15, -0.1) is 0 Å². The van der Waals surface area contributed by atoms with Gasteiger partial charge in [-0.2, -0.15) is 0 Å². The van der Waals surface area contributed by atoms with Crippen LogP contribution in [0.2, 0.25) is 0 Å². The molecule has 0 saturated carbocycles. The summed E-state index contributed by atoms with van der Waals surface area (Å²) in [5.41, 5.74) is 0.792. The van der Waals surface area contributed by atoms with Crippen molar-refractivity contribution in [3.63, 3.8) is 0 Å². The fraction of sp³-hybridized carbons (Fsp3) is 0.500. The minimum Gasteiger partial charge on any atom is -0.339 e. The molecule has 5 heteroatoms. The summed E-state index contributed by atoms with van der Waals surface area (Å²) in [5.74, 6) is 0.150. The summed E-state index contributed by atoms with van der Waals surface area (Å²) in [5, 5.41) is 0.